The van der Waals surface area contributed by atoms with Crippen LogP contribution in [0.1, 0.15) is 57.8 Å². The second-order valence-electron chi connectivity index (χ2n) is 6.73. The van der Waals surface area contributed by atoms with E-state index in [0.717, 1.165) is 32.5 Å². The van der Waals surface area contributed by atoms with E-state index in [1.54, 1.807) is 0 Å². The maximum atomic E-state index is 8.93. The molecule has 2 saturated heterocycles. The molecule has 0 radical (unpaired) electrons. The zero-order valence-corrected chi connectivity index (χ0v) is 11.9. The lowest BCUT2D eigenvalue weighted by Crippen LogP contribution is -2.40. The Labute approximate surface area is 116 Å². The highest BCUT2D eigenvalue weighted by Crippen LogP contribution is 2.42. The van der Waals surface area contributed by atoms with Crippen LogP contribution in [0.2, 0.25) is 0 Å². The predicted molar refractivity (Wildman–Crippen MR) is 74.7 cm³/mol. The molecule has 3 nitrogen and oxygen atoms in total. The molecule has 0 aromatic rings. The highest BCUT2D eigenvalue weighted by molar-refractivity contribution is 4.93. The number of nitriles is 1. The molecule has 0 bridgehead atoms. The Hall–Kier alpha value is -0.590. The van der Waals surface area contributed by atoms with Gasteiger partial charge in [0.25, 0.3) is 0 Å². The molecule has 0 aromatic heterocycles. The van der Waals surface area contributed by atoms with Crippen molar-refractivity contribution in [2.45, 2.75) is 69.5 Å². The molecule has 2 aliphatic heterocycles. The molecule has 1 spiro atoms. The fourth-order valence-electron chi connectivity index (χ4n) is 4.12. The monoisotopic (exact) mass is 262 g/mol. The van der Waals surface area contributed by atoms with E-state index < -0.39 is 0 Å². The third kappa shape index (κ3) is 3.12. The minimum absolute atomic E-state index is 0.258. The van der Waals surface area contributed by atoms with Crippen LogP contribution in [0.4, 0.5) is 0 Å². The van der Waals surface area contributed by atoms with Gasteiger partial charge in [-0.2, -0.15) is 5.26 Å². The van der Waals surface area contributed by atoms with Gasteiger partial charge in [0, 0.05) is 12.5 Å². The lowest BCUT2D eigenvalue weighted by molar-refractivity contribution is -0.0732. The summed E-state index contributed by atoms with van der Waals surface area (Å²) in [6.07, 6.45) is 11.8. The minimum Gasteiger partial charge on any atom is -0.370 e. The van der Waals surface area contributed by atoms with Crippen LogP contribution in [-0.2, 0) is 4.74 Å². The molecule has 0 N–H and O–H groups in total. The van der Waals surface area contributed by atoms with E-state index in [4.69, 9.17) is 10.00 Å². The van der Waals surface area contributed by atoms with Crippen molar-refractivity contribution < 1.29 is 4.74 Å². The van der Waals surface area contributed by atoms with E-state index in [9.17, 15) is 0 Å². The van der Waals surface area contributed by atoms with Crippen molar-refractivity contribution in [2.24, 2.45) is 5.92 Å². The van der Waals surface area contributed by atoms with Crippen LogP contribution in [0.5, 0.6) is 0 Å². The molecular formula is C16H26N2O. The molecule has 1 aliphatic carbocycles. The molecule has 1 unspecified atom stereocenters. The maximum Gasteiger partial charge on any atom is 0.0710 e. The van der Waals surface area contributed by atoms with Gasteiger partial charge < -0.3 is 9.64 Å². The van der Waals surface area contributed by atoms with E-state index >= 15 is 0 Å². The van der Waals surface area contributed by atoms with Crippen molar-refractivity contribution in [3.8, 4) is 6.07 Å². The van der Waals surface area contributed by atoms with Crippen molar-refractivity contribution in [3.05, 3.63) is 0 Å². The standard InChI is InChI=1S/C16H26N2O/c17-12-14-5-10-18(11-6-14)13-15-4-9-16(19-15)7-2-1-3-8-16/h14-15H,1-11,13H2. The number of ether oxygens (including phenoxy) is 1. The molecule has 3 aliphatic rings. The largest absolute Gasteiger partial charge is 0.370 e. The topological polar surface area (TPSA) is 36.3 Å². The first-order valence-corrected chi connectivity index (χ1v) is 8.09. The predicted octanol–water partition coefficient (Wildman–Crippen LogP) is 3.10. The summed E-state index contributed by atoms with van der Waals surface area (Å²) in [5, 5.41) is 8.93. The first kappa shape index (κ1) is 13.4. The van der Waals surface area contributed by atoms with Gasteiger partial charge in [0.1, 0.15) is 0 Å². The fourth-order valence-corrected chi connectivity index (χ4v) is 4.12. The van der Waals surface area contributed by atoms with Crippen LogP contribution in [-0.4, -0.2) is 36.2 Å². The summed E-state index contributed by atoms with van der Waals surface area (Å²) in [5.74, 6) is 0.297. The summed E-state index contributed by atoms with van der Waals surface area (Å²) in [6, 6.07) is 2.41. The van der Waals surface area contributed by atoms with Gasteiger partial charge in [-0.05, 0) is 51.6 Å². The molecule has 0 aromatic carbocycles. The van der Waals surface area contributed by atoms with Gasteiger partial charge in [-0.15, -0.1) is 0 Å². The van der Waals surface area contributed by atoms with Crippen LogP contribution < -0.4 is 0 Å². The summed E-state index contributed by atoms with van der Waals surface area (Å²) in [4.78, 5) is 2.51. The summed E-state index contributed by atoms with van der Waals surface area (Å²) in [5.41, 5.74) is 0.258. The molecule has 0 amide bonds. The summed E-state index contributed by atoms with van der Waals surface area (Å²) in [6.45, 7) is 3.27. The lowest BCUT2D eigenvalue weighted by Gasteiger charge is -2.35. The fraction of sp³-hybridized carbons (Fsp3) is 0.938. The van der Waals surface area contributed by atoms with Crippen molar-refractivity contribution in [2.75, 3.05) is 19.6 Å². The molecule has 1 saturated carbocycles. The Bertz CT molecular complexity index is 335. The zero-order valence-electron chi connectivity index (χ0n) is 11.9. The van der Waals surface area contributed by atoms with Crippen molar-refractivity contribution >= 4 is 0 Å². The molecular weight excluding hydrogens is 236 g/mol. The van der Waals surface area contributed by atoms with E-state index in [0.29, 0.717) is 12.0 Å². The third-order valence-corrected chi connectivity index (χ3v) is 5.34. The Kier molecular flexibility index (Phi) is 4.10. The third-order valence-electron chi connectivity index (χ3n) is 5.34. The number of likely N-dealkylation sites (tertiary alicyclic amines) is 1. The molecule has 2 heterocycles. The molecule has 106 valence electrons. The summed E-state index contributed by atoms with van der Waals surface area (Å²) >= 11 is 0. The van der Waals surface area contributed by atoms with E-state index in [-0.39, 0.29) is 5.60 Å². The Morgan fingerprint density at radius 1 is 1.05 bits per heavy atom. The SMILES string of the molecule is N#CC1CCN(CC2CCC3(CCCCC3)O2)CC1. The van der Waals surface area contributed by atoms with Gasteiger partial charge in [-0.1, -0.05) is 19.3 Å². The molecule has 19 heavy (non-hydrogen) atoms. The van der Waals surface area contributed by atoms with Gasteiger partial charge in [0.15, 0.2) is 0 Å². The molecule has 1 atom stereocenters. The van der Waals surface area contributed by atoms with E-state index in [2.05, 4.69) is 11.0 Å². The van der Waals surface area contributed by atoms with Crippen LogP contribution in [0.15, 0.2) is 0 Å². The van der Waals surface area contributed by atoms with E-state index in [1.807, 2.05) is 0 Å². The quantitative estimate of drug-likeness (QED) is 0.767. The van der Waals surface area contributed by atoms with Crippen molar-refractivity contribution in [1.29, 1.82) is 5.26 Å². The van der Waals surface area contributed by atoms with Crippen LogP contribution in [0.25, 0.3) is 0 Å². The van der Waals surface area contributed by atoms with Crippen LogP contribution in [0, 0.1) is 17.2 Å². The number of rotatable bonds is 2. The van der Waals surface area contributed by atoms with Gasteiger partial charge in [0.2, 0.25) is 0 Å². The zero-order chi connectivity index (χ0) is 13.1. The van der Waals surface area contributed by atoms with Gasteiger partial charge in [-0.3, -0.25) is 0 Å². The normalized spacial score (nSPS) is 32.5. The summed E-state index contributed by atoms with van der Waals surface area (Å²) in [7, 11) is 0. The molecule has 3 heteroatoms. The maximum absolute atomic E-state index is 8.93. The number of nitrogens with zero attached hydrogens (tertiary/aromatic N) is 2. The lowest BCUT2D eigenvalue weighted by atomic mass is 9.83. The number of hydrogen-bond acceptors (Lipinski definition) is 3. The van der Waals surface area contributed by atoms with Gasteiger partial charge in [-0.25, -0.2) is 0 Å². The van der Waals surface area contributed by atoms with Crippen molar-refractivity contribution in [3.63, 3.8) is 0 Å². The second kappa shape index (κ2) is 5.81. The average Bonchev–Trinajstić information content (AvgIpc) is 2.83. The highest BCUT2D eigenvalue weighted by atomic mass is 16.5. The van der Waals surface area contributed by atoms with Crippen molar-refractivity contribution in [1.82, 2.24) is 4.90 Å². The Morgan fingerprint density at radius 3 is 2.47 bits per heavy atom. The Morgan fingerprint density at radius 2 is 1.79 bits per heavy atom. The summed E-state index contributed by atoms with van der Waals surface area (Å²) < 4.78 is 6.44. The molecule has 3 fully saturated rings. The average molecular weight is 262 g/mol. The Balaban J connectivity index is 1.46. The molecule has 3 rings (SSSR count). The first-order valence-electron chi connectivity index (χ1n) is 8.09. The van der Waals surface area contributed by atoms with Gasteiger partial charge >= 0.3 is 0 Å². The highest BCUT2D eigenvalue weighted by Gasteiger charge is 2.41. The van der Waals surface area contributed by atoms with Crippen LogP contribution in [0.3, 0.4) is 0 Å². The van der Waals surface area contributed by atoms with E-state index in [1.165, 1.54) is 44.9 Å². The second-order valence-corrected chi connectivity index (χ2v) is 6.73. The minimum atomic E-state index is 0.258. The smallest absolute Gasteiger partial charge is 0.0710 e. The number of hydrogen-bond donors (Lipinski definition) is 0. The van der Waals surface area contributed by atoms with Gasteiger partial charge in [0.05, 0.1) is 17.8 Å². The number of piperidine rings is 1. The first-order chi connectivity index (χ1) is 9.30. The van der Waals surface area contributed by atoms with Crippen LogP contribution >= 0.6 is 0 Å².